The molecule has 2 heteroatoms. The number of fused-ring (bicyclic) bond motifs is 4. The quantitative estimate of drug-likeness (QED) is 0.155. The summed E-state index contributed by atoms with van der Waals surface area (Å²) < 4.78 is 5.08. The zero-order chi connectivity index (χ0) is 28.1. The normalized spacial score (nSPS) is 16.7. The number of aromatic nitrogens is 1. The van der Waals surface area contributed by atoms with Crippen LogP contribution in [0.1, 0.15) is 56.4 Å². The van der Waals surface area contributed by atoms with E-state index >= 15 is 0 Å². The van der Waals surface area contributed by atoms with Crippen LogP contribution in [0.2, 0.25) is 0 Å². The van der Waals surface area contributed by atoms with Gasteiger partial charge in [0, 0.05) is 0 Å². The molecule has 3 aliphatic carbocycles. The fourth-order valence-corrected chi connectivity index (χ4v) is 12.4. The summed E-state index contributed by atoms with van der Waals surface area (Å²) >= 11 is -1.00. The molecule has 0 spiro atoms. The first-order chi connectivity index (χ1) is 20.8. The molecule has 206 valence electrons. The number of rotatable bonds is 6. The Bertz CT molecular complexity index is 1730. The molecule has 1 nitrogen and oxygen atoms in total. The van der Waals surface area contributed by atoms with Gasteiger partial charge in [-0.2, -0.15) is 0 Å². The first-order valence-corrected chi connectivity index (χ1v) is 19.3. The monoisotopic (exact) mass is 711 g/mol. The molecule has 0 saturated heterocycles. The van der Waals surface area contributed by atoms with E-state index in [1.165, 1.54) is 59.7 Å². The minimum Gasteiger partial charge on any atom is -0.0622 e. The number of aryl methyl sites for hydroxylation is 3. The summed E-state index contributed by atoms with van der Waals surface area (Å²) in [5, 5.41) is 1.49. The Labute approximate surface area is 261 Å². The molecule has 42 heavy (non-hydrogen) atoms. The van der Waals surface area contributed by atoms with Crippen molar-refractivity contribution >= 4 is 22.7 Å². The van der Waals surface area contributed by atoms with Gasteiger partial charge in [0.2, 0.25) is 0 Å². The number of hydrogen-bond donors (Lipinski definition) is 0. The second-order valence-corrected chi connectivity index (χ2v) is 17.0. The van der Waals surface area contributed by atoms with Crippen LogP contribution in [0.5, 0.6) is 0 Å². The molecule has 1 heterocycles. The van der Waals surface area contributed by atoms with Gasteiger partial charge >= 0.3 is 178 Å². The van der Waals surface area contributed by atoms with Gasteiger partial charge < -0.3 is 0 Å². The third-order valence-corrected chi connectivity index (χ3v) is 14.7. The molecule has 0 bridgehead atoms. The molecule has 0 fully saturated rings. The molecule has 3 aliphatic rings. The van der Waals surface area contributed by atoms with E-state index in [0.717, 1.165) is 12.8 Å². The number of allylic oxidation sites excluding steroid dienone is 5. The fraction of sp³-hybridized carbons (Fsp3) is 0.200. The van der Waals surface area contributed by atoms with Crippen molar-refractivity contribution in [3.05, 3.63) is 164 Å². The van der Waals surface area contributed by atoms with Crippen LogP contribution in [-0.4, -0.2) is 4.57 Å². The SMILES string of the molecule is C1=CC[C]([Hf][CH]2C(n3c4c(c5ccccc53)CCCC4)=Cc3ccccc32)=C1.c1ccc(CCc2ccccc2)cc1. The zero-order valence-corrected chi connectivity index (χ0v) is 27.8. The Balaban J connectivity index is 0.000000174. The van der Waals surface area contributed by atoms with E-state index in [1.54, 1.807) is 25.8 Å². The smallest absolute Gasteiger partial charge is 0.0238 e. The van der Waals surface area contributed by atoms with E-state index in [1.807, 2.05) is 0 Å². The number of hydrogen-bond acceptors (Lipinski definition) is 0. The van der Waals surface area contributed by atoms with Gasteiger partial charge in [-0.3, -0.25) is 0 Å². The predicted molar refractivity (Wildman–Crippen MR) is 174 cm³/mol. The van der Waals surface area contributed by atoms with Crippen LogP contribution in [-0.2, 0) is 48.6 Å². The maximum absolute atomic E-state index is 2.68. The van der Waals surface area contributed by atoms with Gasteiger partial charge in [0.05, 0.1) is 0 Å². The van der Waals surface area contributed by atoms with Gasteiger partial charge in [0.25, 0.3) is 0 Å². The topological polar surface area (TPSA) is 4.93 Å². The maximum atomic E-state index is 2.68. The molecular formula is C40H37HfN. The van der Waals surface area contributed by atoms with Crippen molar-refractivity contribution in [1.82, 2.24) is 4.57 Å². The van der Waals surface area contributed by atoms with Crippen molar-refractivity contribution in [2.75, 3.05) is 0 Å². The summed E-state index contributed by atoms with van der Waals surface area (Å²) in [6.07, 6.45) is 18.1. The Hall–Kier alpha value is -3.49. The second kappa shape index (κ2) is 12.8. The molecule has 4 aromatic carbocycles. The number of benzene rings is 4. The van der Waals surface area contributed by atoms with Gasteiger partial charge in [0.15, 0.2) is 0 Å². The van der Waals surface area contributed by atoms with Crippen LogP contribution in [0.4, 0.5) is 0 Å². The summed E-state index contributed by atoms with van der Waals surface area (Å²) in [4.78, 5) is 0. The summed E-state index contributed by atoms with van der Waals surface area (Å²) in [6, 6.07) is 39.5. The van der Waals surface area contributed by atoms with Crippen molar-refractivity contribution < 1.29 is 22.9 Å². The van der Waals surface area contributed by atoms with Crippen molar-refractivity contribution in [2.45, 2.75) is 48.6 Å². The molecule has 0 radical (unpaired) electrons. The van der Waals surface area contributed by atoms with E-state index in [-0.39, 0.29) is 0 Å². The summed E-state index contributed by atoms with van der Waals surface area (Å²) in [7, 11) is 0. The van der Waals surface area contributed by atoms with Crippen LogP contribution >= 0.6 is 0 Å². The van der Waals surface area contributed by atoms with Crippen LogP contribution in [0.15, 0.2) is 131 Å². The molecule has 1 aromatic heterocycles. The van der Waals surface area contributed by atoms with E-state index in [4.69, 9.17) is 0 Å². The second-order valence-electron chi connectivity index (χ2n) is 11.6. The summed E-state index contributed by atoms with van der Waals surface area (Å²) in [5.41, 5.74) is 12.1. The molecule has 5 aromatic rings. The Morgan fingerprint density at radius 1 is 0.690 bits per heavy atom. The van der Waals surface area contributed by atoms with E-state index in [0.29, 0.717) is 3.67 Å². The molecule has 1 unspecified atom stereocenters. The van der Waals surface area contributed by atoms with Crippen LogP contribution in [0.25, 0.3) is 22.7 Å². The third-order valence-electron chi connectivity index (χ3n) is 8.83. The van der Waals surface area contributed by atoms with Gasteiger partial charge in [-0.1, -0.05) is 60.7 Å². The van der Waals surface area contributed by atoms with E-state index in [9.17, 15) is 0 Å². The fourth-order valence-electron chi connectivity index (χ4n) is 6.76. The Kier molecular flexibility index (Phi) is 8.33. The van der Waals surface area contributed by atoms with Gasteiger partial charge in [-0.25, -0.2) is 0 Å². The minimum atomic E-state index is -1.00. The largest absolute Gasteiger partial charge is 0.0622 e. The zero-order valence-electron chi connectivity index (χ0n) is 24.2. The number of nitrogens with zero attached hydrogens (tertiary/aromatic N) is 1. The van der Waals surface area contributed by atoms with Crippen molar-refractivity contribution in [1.29, 1.82) is 0 Å². The van der Waals surface area contributed by atoms with Gasteiger partial charge in [0.1, 0.15) is 0 Å². The van der Waals surface area contributed by atoms with Crippen molar-refractivity contribution in [3.8, 4) is 0 Å². The molecule has 0 saturated carbocycles. The molecule has 1 atom stereocenters. The predicted octanol–water partition coefficient (Wildman–Crippen LogP) is 9.97. The molecule has 0 N–H and O–H groups in total. The first kappa shape index (κ1) is 27.3. The standard InChI is InChI=1S/C21H18N.C14H14.C5H5.Hf/c1-2-8-16-14-17(13-15(16)7-1)22-20-11-5-3-9-18(20)19-10-4-6-12-21(19)22;1-3-7-13(8-4-1)11-12-14-9-5-2-6-10-14;1-2-4-5-3-1;/h1-3,5,7-9,11,13-14H,4,6,10,12H2;1-10H,11-12H2;1-3H,4H2;. The van der Waals surface area contributed by atoms with Crippen molar-refractivity contribution in [2.24, 2.45) is 0 Å². The first-order valence-electron chi connectivity index (χ1n) is 15.5. The molecule has 0 aliphatic heterocycles. The van der Waals surface area contributed by atoms with Crippen LogP contribution < -0.4 is 0 Å². The number of para-hydroxylation sites is 1. The molecular weight excluding hydrogens is 673 g/mol. The minimum absolute atomic E-state index is 0.643. The molecule has 8 rings (SSSR count). The Morgan fingerprint density at radius 3 is 2.10 bits per heavy atom. The van der Waals surface area contributed by atoms with Gasteiger partial charge in [-0.05, 0) is 24.0 Å². The van der Waals surface area contributed by atoms with E-state index < -0.39 is 22.9 Å². The summed E-state index contributed by atoms with van der Waals surface area (Å²) in [6.45, 7) is 0. The summed E-state index contributed by atoms with van der Waals surface area (Å²) in [5.74, 6) is 0. The third kappa shape index (κ3) is 5.75. The average molecular weight is 710 g/mol. The van der Waals surface area contributed by atoms with Crippen LogP contribution in [0, 0.1) is 0 Å². The maximum Gasteiger partial charge on any atom is -0.0238 e. The Morgan fingerprint density at radius 2 is 1.36 bits per heavy atom. The van der Waals surface area contributed by atoms with Crippen LogP contribution in [0.3, 0.4) is 0 Å². The molecule has 0 amide bonds. The van der Waals surface area contributed by atoms with Crippen molar-refractivity contribution in [3.63, 3.8) is 0 Å². The van der Waals surface area contributed by atoms with E-state index in [2.05, 4.69) is 138 Å². The average Bonchev–Trinajstić information content (AvgIpc) is 3.78. The van der Waals surface area contributed by atoms with Gasteiger partial charge in [-0.15, -0.1) is 0 Å².